The van der Waals surface area contributed by atoms with Crippen LogP contribution in [0.5, 0.6) is 0 Å². The van der Waals surface area contributed by atoms with Crippen molar-refractivity contribution in [1.29, 1.82) is 0 Å². The molecule has 0 saturated heterocycles. The van der Waals surface area contributed by atoms with Crippen molar-refractivity contribution in [2.75, 3.05) is 11.9 Å². The van der Waals surface area contributed by atoms with E-state index in [1.807, 2.05) is 36.2 Å². The van der Waals surface area contributed by atoms with Crippen molar-refractivity contribution in [3.63, 3.8) is 0 Å². The van der Waals surface area contributed by atoms with Crippen LogP contribution in [0, 0.1) is 0 Å². The number of hydrogen-bond acceptors (Lipinski definition) is 4. The molecule has 18 heavy (non-hydrogen) atoms. The first-order chi connectivity index (χ1) is 8.66. The molecule has 0 aromatic carbocycles. The first-order valence-corrected chi connectivity index (χ1v) is 5.93. The van der Waals surface area contributed by atoms with E-state index in [1.54, 1.807) is 18.6 Å². The number of thiocarbonyl (C=S) groups is 1. The molecule has 2 N–H and O–H groups in total. The SMILES string of the molecule is CN(Cc1ccncc1)c1cc(C(N)=S)ccn1. The van der Waals surface area contributed by atoms with Crippen LogP contribution in [0.15, 0.2) is 42.9 Å². The van der Waals surface area contributed by atoms with Gasteiger partial charge in [0.2, 0.25) is 0 Å². The summed E-state index contributed by atoms with van der Waals surface area (Å²) in [5, 5.41) is 0. The Morgan fingerprint density at radius 1 is 1.28 bits per heavy atom. The summed E-state index contributed by atoms with van der Waals surface area (Å²) in [7, 11) is 1.98. The molecule has 2 aromatic heterocycles. The van der Waals surface area contributed by atoms with Gasteiger partial charge < -0.3 is 10.6 Å². The van der Waals surface area contributed by atoms with Crippen molar-refractivity contribution in [2.24, 2.45) is 5.73 Å². The zero-order valence-electron chi connectivity index (χ0n) is 10.1. The maximum atomic E-state index is 5.61. The fraction of sp³-hybridized carbons (Fsp3) is 0.154. The lowest BCUT2D eigenvalue weighted by Gasteiger charge is -2.18. The van der Waals surface area contributed by atoms with Crippen molar-refractivity contribution in [3.8, 4) is 0 Å². The van der Waals surface area contributed by atoms with Crippen molar-refractivity contribution in [1.82, 2.24) is 9.97 Å². The molecule has 0 radical (unpaired) electrons. The molecular weight excluding hydrogens is 244 g/mol. The van der Waals surface area contributed by atoms with Crippen LogP contribution in [0.2, 0.25) is 0 Å². The summed E-state index contributed by atoms with van der Waals surface area (Å²) < 4.78 is 0. The average molecular weight is 258 g/mol. The number of rotatable bonds is 4. The summed E-state index contributed by atoms with van der Waals surface area (Å²) in [5.74, 6) is 0.845. The van der Waals surface area contributed by atoms with Crippen LogP contribution in [0.25, 0.3) is 0 Å². The van der Waals surface area contributed by atoms with Gasteiger partial charge >= 0.3 is 0 Å². The van der Waals surface area contributed by atoms with Gasteiger partial charge in [-0.05, 0) is 29.8 Å². The van der Waals surface area contributed by atoms with Crippen LogP contribution in [0.1, 0.15) is 11.1 Å². The van der Waals surface area contributed by atoms with Crippen LogP contribution < -0.4 is 10.6 Å². The van der Waals surface area contributed by atoms with E-state index >= 15 is 0 Å². The Morgan fingerprint density at radius 3 is 2.67 bits per heavy atom. The third-order valence-corrected chi connectivity index (χ3v) is 2.83. The molecular formula is C13H14N4S. The number of anilines is 1. The summed E-state index contributed by atoms with van der Waals surface area (Å²) in [6.45, 7) is 0.760. The second kappa shape index (κ2) is 5.55. The molecule has 2 rings (SSSR count). The number of aromatic nitrogens is 2. The zero-order chi connectivity index (χ0) is 13.0. The van der Waals surface area contributed by atoms with Gasteiger partial charge in [-0.15, -0.1) is 0 Å². The maximum absolute atomic E-state index is 5.61. The number of pyridine rings is 2. The summed E-state index contributed by atoms with van der Waals surface area (Å²) >= 11 is 4.96. The zero-order valence-corrected chi connectivity index (χ0v) is 10.9. The standard InChI is InChI=1S/C13H14N4S/c1-17(9-10-2-5-15-6-3-10)12-8-11(13(14)18)4-7-16-12/h2-8H,9H2,1H3,(H2,14,18). The lowest BCUT2D eigenvalue weighted by molar-refractivity contribution is 0.895. The first-order valence-electron chi connectivity index (χ1n) is 5.52. The van der Waals surface area contributed by atoms with Crippen LogP contribution >= 0.6 is 12.2 Å². The highest BCUT2D eigenvalue weighted by atomic mass is 32.1. The predicted octanol–water partition coefficient (Wildman–Crippen LogP) is 1.75. The minimum absolute atomic E-state index is 0.385. The maximum Gasteiger partial charge on any atom is 0.129 e. The molecule has 0 amide bonds. The van der Waals surface area contributed by atoms with Gasteiger partial charge in [0.05, 0.1) is 0 Å². The second-order valence-corrected chi connectivity index (χ2v) is 4.42. The fourth-order valence-corrected chi connectivity index (χ4v) is 1.75. The van der Waals surface area contributed by atoms with E-state index in [0.717, 1.165) is 17.9 Å². The largest absolute Gasteiger partial charge is 0.389 e. The molecule has 5 heteroatoms. The number of nitrogens with two attached hydrogens (primary N) is 1. The van der Waals surface area contributed by atoms with Gasteiger partial charge in [0.1, 0.15) is 10.8 Å². The van der Waals surface area contributed by atoms with Crippen molar-refractivity contribution < 1.29 is 0 Å². The molecule has 0 atom stereocenters. The van der Waals surface area contributed by atoms with E-state index in [-0.39, 0.29) is 0 Å². The third kappa shape index (κ3) is 3.01. The number of nitrogens with zero attached hydrogens (tertiary/aromatic N) is 3. The normalized spacial score (nSPS) is 10.1. The lowest BCUT2D eigenvalue weighted by atomic mass is 10.2. The highest BCUT2D eigenvalue weighted by Crippen LogP contribution is 2.13. The molecule has 0 spiro atoms. The molecule has 0 bridgehead atoms. The van der Waals surface area contributed by atoms with Gasteiger partial charge in [0.25, 0.3) is 0 Å². The van der Waals surface area contributed by atoms with E-state index in [0.29, 0.717) is 4.99 Å². The summed E-state index contributed by atoms with van der Waals surface area (Å²) in [4.78, 5) is 10.7. The van der Waals surface area contributed by atoms with Crippen molar-refractivity contribution in [3.05, 3.63) is 54.0 Å². The summed E-state index contributed by atoms with van der Waals surface area (Å²) in [6, 6.07) is 7.66. The van der Waals surface area contributed by atoms with E-state index in [1.165, 1.54) is 5.56 Å². The topological polar surface area (TPSA) is 55.0 Å². The molecule has 4 nitrogen and oxygen atoms in total. The first kappa shape index (κ1) is 12.4. The summed E-state index contributed by atoms with van der Waals surface area (Å²) in [6.07, 6.45) is 5.27. The van der Waals surface area contributed by atoms with Gasteiger partial charge in [0.15, 0.2) is 0 Å². The fourth-order valence-electron chi connectivity index (χ4n) is 1.62. The van der Waals surface area contributed by atoms with Gasteiger partial charge in [-0.25, -0.2) is 4.98 Å². The van der Waals surface area contributed by atoms with Gasteiger partial charge in [-0.3, -0.25) is 4.98 Å². The molecule has 2 heterocycles. The molecule has 0 aliphatic heterocycles. The van der Waals surface area contributed by atoms with Gasteiger partial charge in [-0.1, -0.05) is 12.2 Å². The minimum Gasteiger partial charge on any atom is -0.389 e. The van der Waals surface area contributed by atoms with Crippen LogP contribution in [0.4, 0.5) is 5.82 Å². The predicted molar refractivity (Wildman–Crippen MR) is 76.5 cm³/mol. The average Bonchev–Trinajstić information content (AvgIpc) is 2.40. The number of hydrogen-bond donors (Lipinski definition) is 1. The lowest BCUT2D eigenvalue weighted by Crippen LogP contribution is -2.19. The second-order valence-electron chi connectivity index (χ2n) is 3.98. The molecule has 0 unspecified atom stereocenters. The van der Waals surface area contributed by atoms with E-state index in [9.17, 15) is 0 Å². The van der Waals surface area contributed by atoms with Crippen molar-refractivity contribution in [2.45, 2.75) is 6.54 Å². The Balaban J connectivity index is 2.16. The Kier molecular flexibility index (Phi) is 3.84. The Bertz CT molecular complexity index is 542. The summed E-state index contributed by atoms with van der Waals surface area (Å²) in [5.41, 5.74) is 7.62. The Hall–Kier alpha value is -2.01. The molecule has 0 aliphatic carbocycles. The monoisotopic (exact) mass is 258 g/mol. The van der Waals surface area contributed by atoms with Crippen molar-refractivity contribution >= 4 is 23.0 Å². The molecule has 92 valence electrons. The van der Waals surface area contributed by atoms with Crippen LogP contribution in [-0.4, -0.2) is 22.0 Å². The highest BCUT2D eigenvalue weighted by Gasteiger charge is 2.05. The Labute approximate surface area is 111 Å². The third-order valence-electron chi connectivity index (χ3n) is 2.59. The highest BCUT2D eigenvalue weighted by molar-refractivity contribution is 7.80. The minimum atomic E-state index is 0.385. The molecule has 2 aromatic rings. The van der Waals surface area contributed by atoms with Gasteiger partial charge in [0, 0.05) is 37.7 Å². The van der Waals surface area contributed by atoms with Crippen LogP contribution in [-0.2, 0) is 6.54 Å². The molecule has 0 saturated carbocycles. The molecule has 0 fully saturated rings. The van der Waals surface area contributed by atoms with Crippen LogP contribution in [0.3, 0.4) is 0 Å². The smallest absolute Gasteiger partial charge is 0.129 e. The van der Waals surface area contributed by atoms with E-state index < -0.39 is 0 Å². The molecule has 0 aliphatic rings. The van der Waals surface area contributed by atoms with E-state index in [4.69, 9.17) is 18.0 Å². The van der Waals surface area contributed by atoms with Gasteiger partial charge in [-0.2, -0.15) is 0 Å². The van der Waals surface area contributed by atoms with E-state index in [2.05, 4.69) is 9.97 Å². The Morgan fingerprint density at radius 2 is 2.00 bits per heavy atom. The quantitative estimate of drug-likeness (QED) is 0.847.